The van der Waals surface area contributed by atoms with E-state index >= 15 is 0 Å². The third kappa shape index (κ3) is 4.72. The molecule has 144 valence electrons. The Labute approximate surface area is 156 Å². The molecule has 2 aliphatic rings. The van der Waals surface area contributed by atoms with E-state index in [9.17, 15) is 4.79 Å². The minimum absolute atomic E-state index is 0.00828. The van der Waals surface area contributed by atoms with Crippen molar-refractivity contribution in [2.24, 2.45) is 5.41 Å². The number of rotatable bonds is 3. The number of aromatic nitrogens is 2. The third-order valence-electron chi connectivity index (χ3n) is 4.90. The summed E-state index contributed by atoms with van der Waals surface area (Å²) in [6.45, 7) is 12.1. The Balaban J connectivity index is 1.74. The minimum atomic E-state index is -0.00828. The number of hydrogen-bond donors (Lipinski definition) is 1. The normalized spacial score (nSPS) is 26.3. The van der Waals surface area contributed by atoms with E-state index in [0.717, 1.165) is 49.6 Å². The van der Waals surface area contributed by atoms with Gasteiger partial charge in [0, 0.05) is 31.3 Å². The van der Waals surface area contributed by atoms with Crippen LogP contribution in [-0.2, 0) is 16.0 Å². The topological polar surface area (TPSA) is 67.4 Å². The number of nitrogens with one attached hydrogen (secondary N) is 1. The van der Waals surface area contributed by atoms with E-state index < -0.39 is 0 Å². The van der Waals surface area contributed by atoms with Crippen LogP contribution in [0, 0.1) is 5.41 Å². The van der Waals surface area contributed by atoms with Crippen LogP contribution < -0.4 is 10.2 Å². The first-order chi connectivity index (χ1) is 12.2. The number of morpholine rings is 1. The maximum atomic E-state index is 12.3. The summed E-state index contributed by atoms with van der Waals surface area (Å²) < 4.78 is 5.81. The molecule has 6 nitrogen and oxygen atoms in total. The van der Waals surface area contributed by atoms with Gasteiger partial charge in [-0.25, -0.2) is 9.97 Å². The molecule has 1 amide bonds. The molecule has 26 heavy (non-hydrogen) atoms. The van der Waals surface area contributed by atoms with Crippen LogP contribution in [-0.4, -0.2) is 41.2 Å². The zero-order chi connectivity index (χ0) is 18.9. The van der Waals surface area contributed by atoms with Gasteiger partial charge in [-0.15, -0.1) is 0 Å². The highest BCUT2D eigenvalue weighted by Gasteiger charge is 2.28. The summed E-state index contributed by atoms with van der Waals surface area (Å²) in [6, 6.07) is 0.0326. The summed E-state index contributed by atoms with van der Waals surface area (Å²) in [5, 5.41) is 3.19. The first kappa shape index (κ1) is 19.1. The van der Waals surface area contributed by atoms with E-state index in [2.05, 4.69) is 49.8 Å². The Hall–Kier alpha value is -1.69. The summed E-state index contributed by atoms with van der Waals surface area (Å²) in [4.78, 5) is 24.0. The van der Waals surface area contributed by atoms with E-state index in [0.29, 0.717) is 6.42 Å². The zero-order valence-electron chi connectivity index (χ0n) is 16.7. The van der Waals surface area contributed by atoms with E-state index in [1.54, 1.807) is 0 Å². The molecule has 6 heteroatoms. The lowest BCUT2D eigenvalue weighted by Crippen LogP contribution is -2.46. The second kappa shape index (κ2) is 7.51. The lowest BCUT2D eigenvalue weighted by atomic mass is 9.89. The van der Waals surface area contributed by atoms with Crippen molar-refractivity contribution in [2.75, 3.05) is 18.0 Å². The second-order valence-electron chi connectivity index (χ2n) is 8.98. The van der Waals surface area contributed by atoms with Gasteiger partial charge in [0.25, 0.3) is 0 Å². The molecule has 1 N–H and O–H groups in total. The molecule has 3 rings (SSSR count). The molecular weight excluding hydrogens is 328 g/mol. The van der Waals surface area contributed by atoms with Gasteiger partial charge in [-0.1, -0.05) is 20.8 Å². The number of aryl methyl sites for hydroxylation is 1. The van der Waals surface area contributed by atoms with E-state index in [1.807, 2.05) is 6.20 Å². The lowest BCUT2D eigenvalue weighted by molar-refractivity contribution is -0.123. The standard InChI is InChI=1S/C20H32N4O2/c1-13-11-24(12-14(2)26-13)19-21-10-15-16(7-6-8-17(15)23-19)22-18(25)9-20(3,4)5/h10,13-14,16H,6-9,11-12H2,1-5H3,(H,22,25)/t13-,14+,16-/m1/s1. The first-order valence-electron chi connectivity index (χ1n) is 9.77. The molecule has 0 aromatic carbocycles. The van der Waals surface area contributed by atoms with Gasteiger partial charge in [-0.05, 0) is 38.5 Å². The van der Waals surface area contributed by atoms with E-state index in [1.165, 1.54) is 0 Å². The molecule has 1 aliphatic carbocycles. The number of carbonyl (C=O) groups is 1. The highest BCUT2D eigenvalue weighted by atomic mass is 16.5. The van der Waals surface area contributed by atoms with Crippen LogP contribution in [0.3, 0.4) is 0 Å². The number of carbonyl (C=O) groups excluding carboxylic acids is 1. The predicted octanol–water partition coefficient (Wildman–Crippen LogP) is 3.02. The van der Waals surface area contributed by atoms with Crippen LogP contribution >= 0.6 is 0 Å². The molecule has 0 saturated carbocycles. The van der Waals surface area contributed by atoms with Gasteiger partial charge in [0.05, 0.1) is 23.9 Å². The van der Waals surface area contributed by atoms with Gasteiger partial charge < -0.3 is 15.0 Å². The summed E-state index contributed by atoms with van der Waals surface area (Å²) in [5.41, 5.74) is 2.15. The van der Waals surface area contributed by atoms with Crippen molar-refractivity contribution in [1.82, 2.24) is 15.3 Å². The highest BCUT2D eigenvalue weighted by molar-refractivity contribution is 5.77. The fraction of sp³-hybridized carbons (Fsp3) is 0.750. The lowest BCUT2D eigenvalue weighted by Gasteiger charge is -2.36. The van der Waals surface area contributed by atoms with Crippen LogP contribution in [0.15, 0.2) is 6.20 Å². The third-order valence-corrected chi connectivity index (χ3v) is 4.90. The first-order valence-corrected chi connectivity index (χ1v) is 9.77. The van der Waals surface area contributed by atoms with Gasteiger partial charge in [-0.3, -0.25) is 4.79 Å². The Bertz CT molecular complexity index is 646. The summed E-state index contributed by atoms with van der Waals surface area (Å²) >= 11 is 0. The number of nitrogens with zero attached hydrogens (tertiary/aromatic N) is 3. The van der Waals surface area contributed by atoms with Crippen molar-refractivity contribution in [3.05, 3.63) is 17.5 Å². The summed E-state index contributed by atoms with van der Waals surface area (Å²) in [7, 11) is 0. The molecule has 0 spiro atoms. The molecule has 1 fully saturated rings. The average molecular weight is 361 g/mol. The molecule has 2 heterocycles. The van der Waals surface area contributed by atoms with Gasteiger partial charge >= 0.3 is 0 Å². The quantitative estimate of drug-likeness (QED) is 0.897. The van der Waals surface area contributed by atoms with Crippen LogP contribution in [0.5, 0.6) is 0 Å². The van der Waals surface area contributed by atoms with Crippen molar-refractivity contribution >= 4 is 11.9 Å². The molecule has 1 aromatic heterocycles. The molecule has 1 aliphatic heterocycles. The largest absolute Gasteiger partial charge is 0.372 e. The number of anilines is 1. The molecule has 1 saturated heterocycles. The number of ether oxygens (including phenoxy) is 1. The smallest absolute Gasteiger partial charge is 0.225 e. The SMILES string of the molecule is C[C@@H]1CN(c2ncc3c(n2)CCC[C@H]3NC(=O)CC(C)(C)C)C[C@H](C)O1. The van der Waals surface area contributed by atoms with Crippen molar-refractivity contribution < 1.29 is 9.53 Å². The monoisotopic (exact) mass is 360 g/mol. The Kier molecular flexibility index (Phi) is 5.51. The number of fused-ring (bicyclic) bond motifs is 1. The second-order valence-corrected chi connectivity index (χ2v) is 8.98. The van der Waals surface area contributed by atoms with Gasteiger partial charge in [0.15, 0.2) is 0 Å². The molecular formula is C20H32N4O2. The number of amides is 1. The Morgan fingerprint density at radius 1 is 1.31 bits per heavy atom. The van der Waals surface area contributed by atoms with Gasteiger partial charge in [-0.2, -0.15) is 0 Å². The average Bonchev–Trinajstić information content (AvgIpc) is 2.52. The molecule has 0 radical (unpaired) electrons. The van der Waals surface area contributed by atoms with Crippen molar-refractivity contribution in [3.63, 3.8) is 0 Å². The van der Waals surface area contributed by atoms with E-state index in [-0.39, 0.29) is 29.6 Å². The Morgan fingerprint density at radius 3 is 2.65 bits per heavy atom. The van der Waals surface area contributed by atoms with Crippen molar-refractivity contribution in [1.29, 1.82) is 0 Å². The maximum absolute atomic E-state index is 12.3. The van der Waals surface area contributed by atoms with Crippen LogP contribution in [0.2, 0.25) is 0 Å². The molecule has 3 atom stereocenters. The molecule has 1 aromatic rings. The van der Waals surface area contributed by atoms with Gasteiger partial charge in [0.2, 0.25) is 11.9 Å². The fourth-order valence-electron chi connectivity index (χ4n) is 3.91. The molecule has 0 unspecified atom stereocenters. The Morgan fingerprint density at radius 2 is 2.00 bits per heavy atom. The van der Waals surface area contributed by atoms with Crippen molar-refractivity contribution in [3.8, 4) is 0 Å². The minimum Gasteiger partial charge on any atom is -0.372 e. The van der Waals surface area contributed by atoms with Crippen LogP contribution in [0.1, 0.15) is 71.2 Å². The predicted molar refractivity (Wildman–Crippen MR) is 102 cm³/mol. The number of hydrogen-bond acceptors (Lipinski definition) is 5. The van der Waals surface area contributed by atoms with Crippen LogP contribution in [0.25, 0.3) is 0 Å². The van der Waals surface area contributed by atoms with Crippen LogP contribution in [0.4, 0.5) is 5.95 Å². The van der Waals surface area contributed by atoms with E-state index in [4.69, 9.17) is 9.72 Å². The van der Waals surface area contributed by atoms with Gasteiger partial charge in [0.1, 0.15) is 0 Å². The molecule has 0 bridgehead atoms. The summed E-state index contributed by atoms with van der Waals surface area (Å²) in [5.74, 6) is 0.891. The zero-order valence-corrected chi connectivity index (χ0v) is 16.7. The summed E-state index contributed by atoms with van der Waals surface area (Å²) in [6.07, 6.45) is 5.76. The highest BCUT2D eigenvalue weighted by Crippen LogP contribution is 2.30. The van der Waals surface area contributed by atoms with Crippen molar-refractivity contribution in [2.45, 2.75) is 78.6 Å². The maximum Gasteiger partial charge on any atom is 0.225 e. The fourth-order valence-corrected chi connectivity index (χ4v) is 3.91.